The Morgan fingerprint density at radius 2 is 0.913 bits per heavy atom. The SMILES string of the molecule is C1=CC(c2nc(-c3cccc(-c4ccccc4)c3)nc(-c3ccc4c(c3)sc3ccccc34)n2)=C(n2c3ccccc3c3c(-c4cccc5c4c4ccccc4n5-c4ccccc4)cccc32)CC1. The van der Waals surface area contributed by atoms with Gasteiger partial charge in [-0.15, -0.1) is 11.3 Å². The fourth-order valence-electron chi connectivity index (χ4n) is 10.8. The topological polar surface area (TPSA) is 48.5 Å². The molecule has 0 N–H and O–H groups in total. The third-order valence-electron chi connectivity index (χ3n) is 13.9. The van der Waals surface area contributed by atoms with Gasteiger partial charge in [0.1, 0.15) is 0 Å². The molecule has 4 aromatic heterocycles. The van der Waals surface area contributed by atoms with Crippen LogP contribution in [0.25, 0.3) is 126 Å². The molecular weight excluding hydrogens is 859 g/mol. The van der Waals surface area contributed by atoms with Crippen LogP contribution < -0.4 is 0 Å². The molecule has 0 fully saturated rings. The highest BCUT2D eigenvalue weighted by molar-refractivity contribution is 7.25. The first-order chi connectivity index (χ1) is 34.2. The number of thiophene rings is 1. The van der Waals surface area contributed by atoms with Crippen molar-refractivity contribution in [2.45, 2.75) is 12.8 Å². The molecule has 4 heterocycles. The van der Waals surface area contributed by atoms with Gasteiger partial charge in [0.2, 0.25) is 0 Å². The second kappa shape index (κ2) is 16.0. The third kappa shape index (κ3) is 6.41. The minimum atomic E-state index is 0.641. The summed E-state index contributed by atoms with van der Waals surface area (Å²) in [6.45, 7) is 0. The monoisotopic (exact) mass is 899 g/mol. The quantitative estimate of drug-likeness (QED) is 0.160. The zero-order valence-electron chi connectivity index (χ0n) is 37.4. The summed E-state index contributed by atoms with van der Waals surface area (Å²) in [6, 6.07) is 76.3. The fourth-order valence-corrected chi connectivity index (χ4v) is 12.0. The molecule has 9 aromatic carbocycles. The van der Waals surface area contributed by atoms with Crippen molar-refractivity contribution in [2.24, 2.45) is 0 Å². The van der Waals surface area contributed by atoms with E-state index in [0.717, 1.165) is 57.4 Å². The van der Waals surface area contributed by atoms with Crippen LogP contribution in [0.15, 0.2) is 224 Å². The molecule has 0 unspecified atom stereocenters. The standard InChI is InChI=1S/C63H41N5S/c1-3-18-40(19-4-1)41-20-15-21-42(38-41)61-64-62(43-36-37-46-45-24-10-14-35-57(45)69-58(46)39-43)66-63(65-61)51-27-9-13-32-54(51)68-53-31-12-8-26-50(53)60-48(29-17-34-56(60)68)47-28-16-33-55-59(47)49-25-7-11-30-52(49)67(55)44-22-5-2-6-23-44/h1-12,14-31,33-39H,13,32H2. The molecule has 0 amide bonds. The first-order valence-electron chi connectivity index (χ1n) is 23.6. The average molecular weight is 900 g/mol. The second-order valence-corrected chi connectivity index (χ2v) is 18.9. The highest BCUT2D eigenvalue weighted by Crippen LogP contribution is 2.46. The Morgan fingerprint density at radius 3 is 1.65 bits per heavy atom. The van der Waals surface area contributed by atoms with Crippen molar-refractivity contribution in [1.29, 1.82) is 0 Å². The van der Waals surface area contributed by atoms with Crippen LogP contribution in [0, 0.1) is 0 Å². The molecule has 0 atom stereocenters. The minimum absolute atomic E-state index is 0.641. The molecule has 1 aliphatic rings. The zero-order valence-corrected chi connectivity index (χ0v) is 38.2. The van der Waals surface area contributed by atoms with Gasteiger partial charge in [-0.25, -0.2) is 15.0 Å². The van der Waals surface area contributed by atoms with Gasteiger partial charge in [-0.1, -0.05) is 170 Å². The lowest BCUT2D eigenvalue weighted by Gasteiger charge is -2.20. The Bertz CT molecular complexity index is 4250. The number of hydrogen-bond donors (Lipinski definition) is 0. The first kappa shape index (κ1) is 39.5. The van der Waals surface area contributed by atoms with Crippen molar-refractivity contribution in [2.75, 3.05) is 0 Å². The molecule has 5 nitrogen and oxygen atoms in total. The molecule has 14 rings (SSSR count). The molecule has 324 valence electrons. The summed E-state index contributed by atoms with van der Waals surface area (Å²) < 4.78 is 7.37. The zero-order chi connectivity index (χ0) is 45.4. The Kier molecular flexibility index (Phi) is 9.14. The van der Waals surface area contributed by atoms with E-state index in [1.165, 1.54) is 69.6 Å². The Labute approximate surface area is 402 Å². The lowest BCUT2D eigenvalue weighted by atomic mass is 9.95. The highest BCUT2D eigenvalue weighted by atomic mass is 32.1. The smallest absolute Gasteiger partial charge is 0.165 e. The molecule has 0 saturated carbocycles. The van der Waals surface area contributed by atoms with E-state index in [2.05, 4.69) is 234 Å². The van der Waals surface area contributed by atoms with Crippen molar-refractivity contribution < 1.29 is 0 Å². The second-order valence-electron chi connectivity index (χ2n) is 17.8. The van der Waals surface area contributed by atoms with Crippen molar-refractivity contribution in [1.82, 2.24) is 24.1 Å². The van der Waals surface area contributed by atoms with E-state index in [1.54, 1.807) is 0 Å². The Balaban J connectivity index is 1.00. The molecule has 0 aliphatic heterocycles. The van der Waals surface area contributed by atoms with E-state index in [-0.39, 0.29) is 0 Å². The molecule has 13 aromatic rings. The van der Waals surface area contributed by atoms with Crippen LogP contribution in [0.4, 0.5) is 0 Å². The number of benzene rings is 9. The van der Waals surface area contributed by atoms with Gasteiger partial charge in [0, 0.05) is 69.8 Å². The van der Waals surface area contributed by atoms with Crippen LogP contribution in [-0.4, -0.2) is 24.1 Å². The Morgan fingerprint density at radius 1 is 0.377 bits per heavy atom. The van der Waals surface area contributed by atoms with Gasteiger partial charge >= 0.3 is 0 Å². The number of allylic oxidation sites excluding steroid dienone is 4. The molecule has 1 aliphatic carbocycles. The number of hydrogen-bond acceptors (Lipinski definition) is 4. The maximum atomic E-state index is 5.43. The van der Waals surface area contributed by atoms with Crippen molar-refractivity contribution >= 4 is 86.4 Å². The van der Waals surface area contributed by atoms with Gasteiger partial charge < -0.3 is 9.13 Å². The molecular formula is C63H41N5S. The number of aromatic nitrogens is 5. The van der Waals surface area contributed by atoms with Crippen molar-refractivity contribution in [3.05, 3.63) is 230 Å². The molecule has 69 heavy (non-hydrogen) atoms. The van der Waals surface area contributed by atoms with E-state index in [1.807, 2.05) is 11.3 Å². The number of fused-ring (bicyclic) bond motifs is 9. The molecule has 6 heteroatoms. The van der Waals surface area contributed by atoms with Crippen LogP contribution >= 0.6 is 11.3 Å². The van der Waals surface area contributed by atoms with Crippen LogP contribution in [0.3, 0.4) is 0 Å². The van der Waals surface area contributed by atoms with E-state index in [9.17, 15) is 0 Å². The van der Waals surface area contributed by atoms with Crippen LogP contribution in [0.2, 0.25) is 0 Å². The lowest BCUT2D eigenvalue weighted by Crippen LogP contribution is -2.08. The summed E-state index contributed by atoms with van der Waals surface area (Å²) in [5.41, 5.74) is 14.6. The predicted molar refractivity (Wildman–Crippen MR) is 290 cm³/mol. The predicted octanol–water partition coefficient (Wildman–Crippen LogP) is 16.8. The fraction of sp³-hybridized carbons (Fsp3) is 0.0317. The average Bonchev–Trinajstić information content (AvgIpc) is 4.09. The molecule has 0 saturated heterocycles. The molecule has 0 spiro atoms. The lowest BCUT2D eigenvalue weighted by molar-refractivity contribution is 0.968. The highest BCUT2D eigenvalue weighted by Gasteiger charge is 2.25. The number of nitrogens with zero attached hydrogens (tertiary/aromatic N) is 5. The summed E-state index contributed by atoms with van der Waals surface area (Å²) in [5.74, 6) is 1.95. The molecule has 0 radical (unpaired) electrons. The van der Waals surface area contributed by atoms with Gasteiger partial charge in [0.25, 0.3) is 0 Å². The van der Waals surface area contributed by atoms with Crippen molar-refractivity contribution in [3.63, 3.8) is 0 Å². The maximum absolute atomic E-state index is 5.43. The minimum Gasteiger partial charge on any atom is -0.312 e. The Hall–Kier alpha value is -8.71. The maximum Gasteiger partial charge on any atom is 0.165 e. The van der Waals surface area contributed by atoms with Crippen molar-refractivity contribution in [3.8, 4) is 50.7 Å². The summed E-state index contributed by atoms with van der Waals surface area (Å²) in [6.07, 6.45) is 6.22. The summed E-state index contributed by atoms with van der Waals surface area (Å²) in [4.78, 5) is 16.1. The van der Waals surface area contributed by atoms with Crippen LogP contribution in [-0.2, 0) is 0 Å². The first-order valence-corrected chi connectivity index (χ1v) is 24.4. The summed E-state index contributed by atoms with van der Waals surface area (Å²) >= 11 is 1.81. The van der Waals surface area contributed by atoms with E-state index in [0.29, 0.717) is 17.5 Å². The largest absolute Gasteiger partial charge is 0.312 e. The van der Waals surface area contributed by atoms with E-state index < -0.39 is 0 Å². The van der Waals surface area contributed by atoms with Gasteiger partial charge in [-0.2, -0.15) is 0 Å². The van der Waals surface area contributed by atoms with E-state index in [4.69, 9.17) is 15.0 Å². The summed E-state index contributed by atoms with van der Waals surface area (Å²) in [5, 5.41) is 7.43. The normalized spacial score (nSPS) is 13.0. The van der Waals surface area contributed by atoms with Gasteiger partial charge in [-0.05, 0) is 89.7 Å². The summed E-state index contributed by atoms with van der Waals surface area (Å²) in [7, 11) is 0. The van der Waals surface area contributed by atoms with Crippen LogP contribution in [0.1, 0.15) is 18.7 Å². The number of rotatable bonds is 7. The van der Waals surface area contributed by atoms with Gasteiger partial charge in [-0.3, -0.25) is 0 Å². The van der Waals surface area contributed by atoms with Gasteiger partial charge in [0.05, 0.1) is 22.1 Å². The molecule has 0 bridgehead atoms. The van der Waals surface area contributed by atoms with E-state index >= 15 is 0 Å². The van der Waals surface area contributed by atoms with Crippen LogP contribution in [0.5, 0.6) is 0 Å². The third-order valence-corrected chi connectivity index (χ3v) is 15.0. The number of para-hydroxylation sites is 3. The van der Waals surface area contributed by atoms with Gasteiger partial charge in [0.15, 0.2) is 17.5 Å².